The number of aromatic nitrogens is 2. The third-order valence-electron chi connectivity index (χ3n) is 3.88. The third-order valence-corrected chi connectivity index (χ3v) is 3.88. The Morgan fingerprint density at radius 1 is 1.53 bits per heavy atom. The van der Waals surface area contributed by atoms with Crippen molar-refractivity contribution in [2.45, 2.75) is 19.3 Å². The smallest absolute Gasteiger partial charge is 0.352 e. The van der Waals surface area contributed by atoms with E-state index in [0.29, 0.717) is 11.6 Å². The van der Waals surface area contributed by atoms with Crippen LogP contribution in [0.4, 0.5) is 0 Å². The number of imidazole rings is 1. The molecule has 0 saturated carbocycles. The first kappa shape index (κ1) is 12.2. The Hall–Kier alpha value is -1.88. The molecule has 1 unspecified atom stereocenters. The predicted octanol–water partition coefficient (Wildman–Crippen LogP) is 1.84. The molecule has 0 spiro atoms. The van der Waals surface area contributed by atoms with Gasteiger partial charge in [-0.15, -0.1) is 0 Å². The van der Waals surface area contributed by atoms with Gasteiger partial charge in [0.1, 0.15) is 11.5 Å². The van der Waals surface area contributed by atoms with Gasteiger partial charge < -0.3 is 10.0 Å². The lowest BCUT2D eigenvalue weighted by molar-refractivity contribution is 0.0688. The number of carboxylic acid groups (broad SMARTS) is 1. The van der Waals surface area contributed by atoms with Crippen molar-refractivity contribution in [2.75, 3.05) is 19.6 Å². The van der Waals surface area contributed by atoms with Gasteiger partial charge in [-0.2, -0.15) is 0 Å². The molecular formula is C14H17N3O2. The maximum atomic E-state index is 11.3. The van der Waals surface area contributed by atoms with E-state index in [1.807, 2.05) is 6.07 Å². The van der Waals surface area contributed by atoms with Crippen LogP contribution >= 0.6 is 0 Å². The lowest BCUT2D eigenvalue weighted by Gasteiger charge is -2.13. The molecule has 5 nitrogen and oxygen atoms in total. The quantitative estimate of drug-likeness (QED) is 0.913. The van der Waals surface area contributed by atoms with E-state index in [0.717, 1.165) is 37.4 Å². The molecule has 1 atom stereocenters. The average molecular weight is 259 g/mol. The van der Waals surface area contributed by atoms with Crippen molar-refractivity contribution in [3.05, 3.63) is 35.9 Å². The largest absolute Gasteiger partial charge is 0.477 e. The third kappa shape index (κ3) is 2.00. The summed E-state index contributed by atoms with van der Waals surface area (Å²) in [4.78, 5) is 18.2. The molecule has 1 N–H and O–H groups in total. The lowest BCUT2D eigenvalue weighted by Crippen LogP contribution is -2.20. The van der Waals surface area contributed by atoms with Crippen LogP contribution in [0.5, 0.6) is 0 Å². The summed E-state index contributed by atoms with van der Waals surface area (Å²) in [7, 11) is 0. The van der Waals surface area contributed by atoms with Crippen molar-refractivity contribution in [3.63, 3.8) is 0 Å². The molecule has 3 rings (SSSR count). The van der Waals surface area contributed by atoms with Crippen molar-refractivity contribution in [2.24, 2.45) is 0 Å². The van der Waals surface area contributed by atoms with E-state index in [-0.39, 0.29) is 0 Å². The topological polar surface area (TPSA) is 57.8 Å². The molecule has 100 valence electrons. The summed E-state index contributed by atoms with van der Waals surface area (Å²) in [6.45, 7) is 5.20. The lowest BCUT2D eigenvalue weighted by atomic mass is 10.1. The molecule has 0 bridgehead atoms. The molecule has 1 aliphatic rings. The van der Waals surface area contributed by atoms with E-state index in [1.165, 1.54) is 0 Å². The normalized spacial score (nSPS) is 20.2. The first-order valence-electron chi connectivity index (χ1n) is 6.62. The summed E-state index contributed by atoms with van der Waals surface area (Å²) >= 11 is 0. The van der Waals surface area contributed by atoms with E-state index >= 15 is 0 Å². The van der Waals surface area contributed by atoms with E-state index in [4.69, 9.17) is 0 Å². The number of hydrogen-bond acceptors (Lipinski definition) is 3. The van der Waals surface area contributed by atoms with Crippen molar-refractivity contribution in [3.8, 4) is 0 Å². The summed E-state index contributed by atoms with van der Waals surface area (Å²) in [5, 5.41) is 9.31. The van der Waals surface area contributed by atoms with Gasteiger partial charge >= 0.3 is 5.97 Å². The van der Waals surface area contributed by atoms with Crippen molar-refractivity contribution in [1.29, 1.82) is 0 Å². The highest BCUT2D eigenvalue weighted by Gasteiger charge is 2.27. The van der Waals surface area contributed by atoms with Gasteiger partial charge in [0.2, 0.25) is 0 Å². The number of rotatable bonds is 3. The Balaban J connectivity index is 2.07. The van der Waals surface area contributed by atoms with E-state index < -0.39 is 5.97 Å². The zero-order valence-corrected chi connectivity index (χ0v) is 10.9. The van der Waals surface area contributed by atoms with Gasteiger partial charge in [-0.25, -0.2) is 9.78 Å². The second-order valence-electron chi connectivity index (χ2n) is 4.97. The highest BCUT2D eigenvalue weighted by molar-refractivity contribution is 5.86. The molecule has 2 aromatic rings. The number of likely N-dealkylation sites (tertiary alicyclic amines) is 1. The number of pyridine rings is 1. The van der Waals surface area contributed by atoms with Crippen LogP contribution in [0.15, 0.2) is 24.4 Å². The molecule has 0 radical (unpaired) electrons. The Labute approximate surface area is 111 Å². The minimum Gasteiger partial charge on any atom is -0.477 e. The minimum absolute atomic E-state index is 0.292. The Kier molecular flexibility index (Phi) is 2.98. The van der Waals surface area contributed by atoms with Crippen LogP contribution in [0.2, 0.25) is 0 Å². The average Bonchev–Trinajstić information content (AvgIpc) is 3.03. The van der Waals surface area contributed by atoms with E-state index in [1.54, 1.807) is 22.7 Å². The molecule has 3 heterocycles. The maximum absolute atomic E-state index is 11.3. The number of fused-ring (bicyclic) bond motifs is 1. The molecule has 0 aromatic carbocycles. The van der Waals surface area contributed by atoms with Crippen molar-refractivity contribution in [1.82, 2.24) is 14.3 Å². The second-order valence-corrected chi connectivity index (χ2v) is 4.97. The molecule has 19 heavy (non-hydrogen) atoms. The Bertz CT molecular complexity index is 620. The molecular weight excluding hydrogens is 242 g/mol. The standard InChI is InChI=1S/C14H17N3O2/c1-2-16-7-6-10(9-16)13-15-8-11-4-3-5-12(14(18)19)17(11)13/h3-5,8,10H,2,6-7,9H2,1H3,(H,18,19). The number of hydrogen-bond donors (Lipinski definition) is 1. The van der Waals surface area contributed by atoms with Crippen LogP contribution in [0, 0.1) is 0 Å². The zero-order valence-electron chi connectivity index (χ0n) is 10.9. The van der Waals surface area contributed by atoms with Gasteiger partial charge in [-0.05, 0) is 31.6 Å². The number of aromatic carboxylic acids is 1. The number of carboxylic acids is 1. The fraction of sp³-hybridized carbons (Fsp3) is 0.429. The summed E-state index contributed by atoms with van der Waals surface area (Å²) in [6, 6.07) is 5.29. The zero-order chi connectivity index (χ0) is 13.4. The summed E-state index contributed by atoms with van der Waals surface area (Å²) in [5.41, 5.74) is 1.14. The van der Waals surface area contributed by atoms with Crippen molar-refractivity contribution < 1.29 is 9.90 Å². The predicted molar refractivity (Wildman–Crippen MR) is 71.6 cm³/mol. The summed E-state index contributed by atoms with van der Waals surface area (Å²) in [6.07, 6.45) is 2.80. The van der Waals surface area contributed by atoms with Gasteiger partial charge in [0.15, 0.2) is 0 Å². The Morgan fingerprint density at radius 2 is 2.37 bits per heavy atom. The number of nitrogens with zero attached hydrogens (tertiary/aromatic N) is 3. The fourth-order valence-electron chi connectivity index (χ4n) is 2.86. The SMILES string of the molecule is CCN1CCC(c2ncc3cccc(C(=O)O)n23)C1. The minimum atomic E-state index is -0.907. The Morgan fingerprint density at radius 3 is 3.05 bits per heavy atom. The van der Waals surface area contributed by atoms with Crippen LogP contribution < -0.4 is 0 Å². The monoisotopic (exact) mass is 259 g/mol. The van der Waals surface area contributed by atoms with Gasteiger partial charge in [0.25, 0.3) is 0 Å². The van der Waals surface area contributed by atoms with Crippen LogP contribution in [-0.4, -0.2) is 45.0 Å². The molecule has 1 aliphatic heterocycles. The van der Waals surface area contributed by atoms with Crippen LogP contribution in [0.25, 0.3) is 5.52 Å². The summed E-state index contributed by atoms with van der Waals surface area (Å²) < 4.78 is 1.78. The van der Waals surface area contributed by atoms with E-state index in [2.05, 4.69) is 16.8 Å². The second kappa shape index (κ2) is 4.66. The highest BCUT2D eigenvalue weighted by Crippen LogP contribution is 2.27. The maximum Gasteiger partial charge on any atom is 0.352 e. The van der Waals surface area contributed by atoms with Crippen LogP contribution in [0.1, 0.15) is 35.6 Å². The molecule has 5 heteroatoms. The molecule has 0 aliphatic carbocycles. The van der Waals surface area contributed by atoms with Gasteiger partial charge in [-0.3, -0.25) is 4.40 Å². The molecule has 1 saturated heterocycles. The molecule has 1 fully saturated rings. The highest BCUT2D eigenvalue weighted by atomic mass is 16.4. The first-order valence-corrected chi connectivity index (χ1v) is 6.62. The number of carbonyl (C=O) groups is 1. The first-order chi connectivity index (χ1) is 9.20. The van der Waals surface area contributed by atoms with Crippen LogP contribution in [0.3, 0.4) is 0 Å². The molecule has 0 amide bonds. The van der Waals surface area contributed by atoms with Gasteiger partial charge in [0.05, 0.1) is 11.7 Å². The fourth-order valence-corrected chi connectivity index (χ4v) is 2.86. The molecule has 2 aromatic heterocycles. The van der Waals surface area contributed by atoms with Crippen LogP contribution in [-0.2, 0) is 0 Å². The summed E-state index contributed by atoms with van der Waals surface area (Å²) in [5.74, 6) is 0.294. The van der Waals surface area contributed by atoms with E-state index in [9.17, 15) is 9.90 Å². The van der Waals surface area contributed by atoms with Crippen molar-refractivity contribution >= 4 is 11.5 Å². The van der Waals surface area contributed by atoms with Gasteiger partial charge in [0, 0.05) is 12.5 Å². The van der Waals surface area contributed by atoms with Gasteiger partial charge in [-0.1, -0.05) is 13.0 Å². The number of likely N-dealkylation sites (N-methyl/N-ethyl adjacent to an activating group) is 1.